The summed E-state index contributed by atoms with van der Waals surface area (Å²) in [6.45, 7) is 1.53. The molecule has 1 N–H and O–H groups in total. The Morgan fingerprint density at radius 2 is 1.37 bits per heavy atom. The smallest absolute Gasteiger partial charge is 0.223 e. The van der Waals surface area contributed by atoms with Gasteiger partial charge in [-0.2, -0.15) is 0 Å². The number of hydrogen-bond acceptors (Lipinski definition) is 4. The number of nitrogens with one attached hydrogen (secondary N) is 1. The number of nitrogens with zero attached hydrogens (tertiary/aromatic N) is 3. The first kappa shape index (κ1) is 23.4. The number of carbonyl (C=O) groups excluding carboxylic acids is 1. The summed E-state index contributed by atoms with van der Waals surface area (Å²) in [4.78, 5) is 24.4. The molecule has 35 heavy (non-hydrogen) atoms. The maximum absolute atomic E-state index is 13.6. The van der Waals surface area contributed by atoms with Gasteiger partial charge >= 0.3 is 0 Å². The zero-order chi connectivity index (χ0) is 24.2. The zero-order valence-corrected chi connectivity index (χ0v) is 19.7. The highest BCUT2D eigenvalue weighted by molar-refractivity contribution is 5.79. The Morgan fingerprint density at radius 1 is 0.800 bits per heavy atom. The lowest BCUT2D eigenvalue weighted by atomic mass is 9.88. The predicted molar refractivity (Wildman–Crippen MR) is 133 cm³/mol. The quantitative estimate of drug-likeness (QED) is 0.509. The normalized spacial score (nSPS) is 17.4. The largest absolute Gasteiger partial charge is 0.355 e. The van der Waals surface area contributed by atoms with Crippen LogP contribution in [0, 0.1) is 17.6 Å². The minimum absolute atomic E-state index is 0.171. The third-order valence-electron chi connectivity index (χ3n) is 7.14. The minimum atomic E-state index is -0.321. The Kier molecular flexibility index (Phi) is 7.02. The molecule has 182 valence electrons. The van der Waals surface area contributed by atoms with Gasteiger partial charge < -0.3 is 10.2 Å². The van der Waals surface area contributed by atoms with Crippen LogP contribution in [0.1, 0.15) is 44.9 Å². The maximum Gasteiger partial charge on any atom is 0.223 e. The van der Waals surface area contributed by atoms with E-state index in [0.29, 0.717) is 11.4 Å². The number of aromatic nitrogens is 2. The van der Waals surface area contributed by atoms with Crippen LogP contribution in [-0.4, -0.2) is 35.0 Å². The summed E-state index contributed by atoms with van der Waals surface area (Å²) in [5.41, 5.74) is 2.74. The first-order valence-corrected chi connectivity index (χ1v) is 12.5. The van der Waals surface area contributed by atoms with Gasteiger partial charge in [0.15, 0.2) is 0 Å². The van der Waals surface area contributed by atoms with E-state index in [1.807, 2.05) is 0 Å². The molecule has 2 aliphatic rings. The van der Waals surface area contributed by atoms with E-state index in [9.17, 15) is 13.6 Å². The van der Waals surface area contributed by atoms with E-state index in [-0.39, 0.29) is 29.5 Å². The number of rotatable bonds is 5. The SMILES string of the molecule is O=C(NC1CCN(c2cnc(-c3ccc(F)cc3)c(-c3ccc(F)cc3)n2)CC1)C1CCCCC1. The van der Waals surface area contributed by atoms with E-state index in [1.54, 1.807) is 30.5 Å². The molecule has 1 aliphatic heterocycles. The Hall–Kier alpha value is -3.35. The Bertz CT molecular complexity index is 1150. The van der Waals surface area contributed by atoms with E-state index in [0.717, 1.165) is 68.6 Å². The summed E-state index contributed by atoms with van der Waals surface area (Å²) >= 11 is 0. The number of amides is 1. The highest BCUT2D eigenvalue weighted by Crippen LogP contribution is 2.32. The number of halogens is 2. The van der Waals surface area contributed by atoms with Crippen LogP contribution >= 0.6 is 0 Å². The molecular formula is C28H30F2N4O. The van der Waals surface area contributed by atoms with Crippen LogP contribution < -0.4 is 10.2 Å². The van der Waals surface area contributed by atoms with Crippen molar-refractivity contribution in [2.24, 2.45) is 5.92 Å². The third kappa shape index (κ3) is 5.50. The van der Waals surface area contributed by atoms with Gasteiger partial charge in [0.2, 0.25) is 5.91 Å². The van der Waals surface area contributed by atoms with E-state index in [4.69, 9.17) is 9.97 Å². The molecule has 1 saturated heterocycles. The minimum Gasteiger partial charge on any atom is -0.355 e. The van der Waals surface area contributed by atoms with Crippen molar-refractivity contribution in [2.45, 2.75) is 51.0 Å². The van der Waals surface area contributed by atoms with Gasteiger partial charge in [-0.05, 0) is 74.2 Å². The van der Waals surface area contributed by atoms with Crippen LogP contribution in [0.4, 0.5) is 14.6 Å². The molecular weight excluding hydrogens is 446 g/mol. The van der Waals surface area contributed by atoms with Gasteiger partial charge in [0.05, 0.1) is 17.6 Å². The van der Waals surface area contributed by atoms with Crippen molar-refractivity contribution in [3.63, 3.8) is 0 Å². The van der Waals surface area contributed by atoms with Gasteiger partial charge in [-0.25, -0.2) is 13.8 Å². The molecule has 0 atom stereocenters. The van der Waals surface area contributed by atoms with Crippen LogP contribution in [0.3, 0.4) is 0 Å². The van der Waals surface area contributed by atoms with Crippen molar-refractivity contribution >= 4 is 11.7 Å². The molecule has 0 spiro atoms. The molecule has 5 rings (SSSR count). The highest BCUT2D eigenvalue weighted by Gasteiger charge is 2.27. The summed E-state index contributed by atoms with van der Waals surface area (Å²) in [6.07, 6.45) is 9.01. The molecule has 2 heterocycles. The Labute approximate surface area is 204 Å². The molecule has 1 amide bonds. The van der Waals surface area contributed by atoms with E-state index < -0.39 is 0 Å². The summed E-state index contributed by atoms with van der Waals surface area (Å²) in [5, 5.41) is 3.27. The average molecular weight is 477 g/mol. The monoisotopic (exact) mass is 476 g/mol. The van der Waals surface area contributed by atoms with Crippen molar-refractivity contribution in [1.29, 1.82) is 0 Å². The Morgan fingerprint density at radius 3 is 1.97 bits per heavy atom. The van der Waals surface area contributed by atoms with Gasteiger partial charge in [0.25, 0.3) is 0 Å². The summed E-state index contributed by atoms with van der Waals surface area (Å²) in [5.74, 6) is 0.487. The van der Waals surface area contributed by atoms with Gasteiger partial charge in [0, 0.05) is 36.2 Å². The summed E-state index contributed by atoms with van der Waals surface area (Å²) in [7, 11) is 0. The topological polar surface area (TPSA) is 58.1 Å². The fourth-order valence-electron chi connectivity index (χ4n) is 5.10. The first-order chi connectivity index (χ1) is 17.1. The van der Waals surface area contributed by atoms with Crippen LogP contribution in [0.25, 0.3) is 22.5 Å². The van der Waals surface area contributed by atoms with E-state index in [1.165, 1.54) is 30.7 Å². The van der Waals surface area contributed by atoms with Crippen LogP contribution in [0.2, 0.25) is 0 Å². The van der Waals surface area contributed by atoms with Gasteiger partial charge in [-0.3, -0.25) is 9.78 Å². The standard InChI is InChI=1S/C28H30F2N4O/c29-22-10-6-19(7-11-22)26-27(20-8-12-23(30)13-9-20)33-25(18-31-26)34-16-14-24(15-17-34)32-28(35)21-4-2-1-3-5-21/h6-13,18,21,24H,1-5,14-17H2,(H,32,35). The zero-order valence-electron chi connectivity index (χ0n) is 19.7. The molecule has 7 heteroatoms. The number of carbonyl (C=O) groups is 1. The van der Waals surface area contributed by atoms with Gasteiger partial charge in [0.1, 0.15) is 17.5 Å². The predicted octanol–water partition coefficient (Wildman–Crippen LogP) is 5.75. The van der Waals surface area contributed by atoms with Crippen LogP contribution in [0.15, 0.2) is 54.7 Å². The Balaban J connectivity index is 1.33. The highest BCUT2D eigenvalue weighted by atomic mass is 19.1. The first-order valence-electron chi connectivity index (χ1n) is 12.5. The summed E-state index contributed by atoms with van der Waals surface area (Å²) in [6, 6.07) is 12.5. The van der Waals surface area contributed by atoms with Crippen LogP contribution in [0.5, 0.6) is 0 Å². The van der Waals surface area contributed by atoms with Crippen molar-refractivity contribution in [3.8, 4) is 22.5 Å². The third-order valence-corrected chi connectivity index (χ3v) is 7.14. The molecule has 2 aromatic carbocycles. The van der Waals surface area contributed by atoms with Crippen molar-refractivity contribution < 1.29 is 13.6 Å². The molecule has 1 saturated carbocycles. The second kappa shape index (κ2) is 10.5. The lowest BCUT2D eigenvalue weighted by molar-refractivity contribution is -0.126. The number of anilines is 1. The second-order valence-corrected chi connectivity index (χ2v) is 9.54. The molecule has 1 aromatic heterocycles. The molecule has 3 aromatic rings. The fraction of sp³-hybridized carbons (Fsp3) is 0.393. The number of benzene rings is 2. The molecule has 0 radical (unpaired) electrons. The number of hydrogen-bond donors (Lipinski definition) is 1. The van der Waals surface area contributed by atoms with Crippen molar-refractivity contribution in [3.05, 3.63) is 66.4 Å². The van der Waals surface area contributed by atoms with Crippen molar-refractivity contribution in [1.82, 2.24) is 15.3 Å². The summed E-state index contributed by atoms with van der Waals surface area (Å²) < 4.78 is 27.1. The lowest BCUT2D eigenvalue weighted by Crippen LogP contribution is -2.46. The maximum atomic E-state index is 13.6. The van der Waals surface area contributed by atoms with Crippen molar-refractivity contribution in [2.75, 3.05) is 18.0 Å². The van der Waals surface area contributed by atoms with E-state index in [2.05, 4.69) is 10.2 Å². The molecule has 0 unspecified atom stereocenters. The second-order valence-electron chi connectivity index (χ2n) is 9.54. The molecule has 1 aliphatic carbocycles. The lowest BCUT2D eigenvalue weighted by Gasteiger charge is -2.34. The van der Waals surface area contributed by atoms with Gasteiger partial charge in [-0.1, -0.05) is 19.3 Å². The molecule has 0 bridgehead atoms. The van der Waals surface area contributed by atoms with Crippen LogP contribution in [-0.2, 0) is 4.79 Å². The van der Waals surface area contributed by atoms with Gasteiger partial charge in [-0.15, -0.1) is 0 Å². The van der Waals surface area contributed by atoms with E-state index >= 15 is 0 Å². The number of piperidine rings is 1. The fourth-order valence-corrected chi connectivity index (χ4v) is 5.10. The molecule has 5 nitrogen and oxygen atoms in total. The molecule has 2 fully saturated rings. The average Bonchev–Trinajstić information content (AvgIpc) is 2.90.